The minimum atomic E-state index is -3.66. The van der Waals surface area contributed by atoms with Crippen molar-refractivity contribution < 1.29 is 17.9 Å². The summed E-state index contributed by atoms with van der Waals surface area (Å²) in [6.45, 7) is 6.18. The van der Waals surface area contributed by atoms with Gasteiger partial charge in [-0.2, -0.15) is 4.31 Å². The van der Waals surface area contributed by atoms with Crippen molar-refractivity contribution in [3.63, 3.8) is 0 Å². The fourth-order valence-electron chi connectivity index (χ4n) is 4.96. The van der Waals surface area contributed by atoms with Gasteiger partial charge in [-0.3, -0.25) is 4.40 Å². The van der Waals surface area contributed by atoms with Crippen LogP contribution in [0.15, 0.2) is 78.5 Å². The summed E-state index contributed by atoms with van der Waals surface area (Å²) in [6, 6.07) is 14.1. The lowest BCUT2D eigenvalue weighted by molar-refractivity contribution is 0.329. The lowest BCUT2D eigenvalue weighted by Gasteiger charge is -2.31. The van der Waals surface area contributed by atoms with E-state index in [-0.39, 0.29) is 22.5 Å². The minimum Gasteiger partial charge on any atom is -0.508 e. The maximum atomic E-state index is 13.6. The van der Waals surface area contributed by atoms with Crippen LogP contribution in [0.5, 0.6) is 0 Å². The molecule has 9 nitrogen and oxygen atoms in total. The number of piperidine rings is 1. The Morgan fingerprint density at radius 1 is 1.07 bits per heavy atom. The SMILES string of the molecule is C=C(O)c1ccc(S(=O)(=O)N2CCC(Nc3nccc(-c4c(-c5ccc(F)cc5)nc5sc(C)cn45)n3)CC2)cc1. The van der Waals surface area contributed by atoms with Gasteiger partial charge in [0, 0.05) is 47.5 Å². The maximum Gasteiger partial charge on any atom is 0.243 e. The number of thiazole rings is 1. The number of nitrogens with zero attached hydrogens (tertiary/aromatic N) is 5. The van der Waals surface area contributed by atoms with Crippen molar-refractivity contribution in [3.05, 3.63) is 89.8 Å². The van der Waals surface area contributed by atoms with E-state index in [0.29, 0.717) is 48.8 Å². The maximum absolute atomic E-state index is 13.6. The number of anilines is 1. The normalized spacial score (nSPS) is 14.9. The van der Waals surface area contributed by atoms with Crippen LogP contribution in [0.3, 0.4) is 0 Å². The zero-order valence-electron chi connectivity index (χ0n) is 22.2. The van der Waals surface area contributed by atoms with Gasteiger partial charge in [0.2, 0.25) is 16.0 Å². The van der Waals surface area contributed by atoms with Crippen molar-refractivity contribution in [2.24, 2.45) is 0 Å². The van der Waals surface area contributed by atoms with Crippen LogP contribution in [0.4, 0.5) is 10.3 Å². The predicted octanol–water partition coefficient (Wildman–Crippen LogP) is 5.76. The third-order valence-corrected chi connectivity index (χ3v) is 9.88. The lowest BCUT2D eigenvalue weighted by atomic mass is 10.1. The molecule has 41 heavy (non-hydrogen) atoms. The van der Waals surface area contributed by atoms with Crippen LogP contribution in [-0.4, -0.2) is 56.3 Å². The molecule has 0 spiro atoms. The molecule has 0 saturated carbocycles. The molecule has 2 N–H and O–H groups in total. The molecule has 12 heteroatoms. The fraction of sp³-hybridized carbons (Fsp3) is 0.207. The van der Waals surface area contributed by atoms with Gasteiger partial charge in [0.15, 0.2) is 4.96 Å². The first kappa shape index (κ1) is 27.1. The van der Waals surface area contributed by atoms with Crippen molar-refractivity contribution >= 4 is 38.0 Å². The summed E-state index contributed by atoms with van der Waals surface area (Å²) in [5.74, 6) is 0.0166. The highest BCUT2D eigenvalue weighted by Gasteiger charge is 2.30. The molecule has 0 atom stereocenters. The zero-order valence-corrected chi connectivity index (χ0v) is 23.8. The molecule has 4 heterocycles. The predicted molar refractivity (Wildman–Crippen MR) is 158 cm³/mol. The van der Waals surface area contributed by atoms with Crippen LogP contribution in [0, 0.1) is 12.7 Å². The molecule has 0 unspecified atom stereocenters. The van der Waals surface area contributed by atoms with Crippen molar-refractivity contribution in [2.75, 3.05) is 18.4 Å². The smallest absolute Gasteiger partial charge is 0.243 e. The number of halogens is 1. The molecular formula is C29H27FN6O3S2. The van der Waals surface area contributed by atoms with E-state index in [1.165, 1.54) is 28.6 Å². The molecule has 210 valence electrons. The first-order valence-electron chi connectivity index (χ1n) is 13.0. The topological polar surface area (TPSA) is 113 Å². The van der Waals surface area contributed by atoms with E-state index in [1.54, 1.807) is 41.8 Å². The number of nitrogens with one attached hydrogen (secondary N) is 1. The Hall–Kier alpha value is -4.13. The number of aliphatic hydroxyl groups is 1. The lowest BCUT2D eigenvalue weighted by Crippen LogP contribution is -2.42. The molecule has 5 aromatic rings. The summed E-state index contributed by atoms with van der Waals surface area (Å²) in [6.07, 6.45) is 4.86. The monoisotopic (exact) mass is 590 g/mol. The van der Waals surface area contributed by atoms with Crippen molar-refractivity contribution in [1.29, 1.82) is 0 Å². The van der Waals surface area contributed by atoms with Crippen LogP contribution >= 0.6 is 11.3 Å². The Morgan fingerprint density at radius 3 is 2.46 bits per heavy atom. The number of aromatic nitrogens is 4. The molecule has 0 bridgehead atoms. The number of fused-ring (bicyclic) bond motifs is 1. The summed E-state index contributed by atoms with van der Waals surface area (Å²) in [7, 11) is -3.66. The van der Waals surface area contributed by atoms with Crippen LogP contribution in [0.1, 0.15) is 23.3 Å². The molecule has 2 aromatic carbocycles. The van der Waals surface area contributed by atoms with Gasteiger partial charge in [-0.1, -0.05) is 6.58 Å². The molecule has 3 aromatic heterocycles. The average molecular weight is 591 g/mol. The average Bonchev–Trinajstić information content (AvgIpc) is 3.50. The molecule has 0 amide bonds. The largest absolute Gasteiger partial charge is 0.508 e. The molecular weight excluding hydrogens is 563 g/mol. The summed E-state index contributed by atoms with van der Waals surface area (Å²) < 4.78 is 43.4. The first-order valence-corrected chi connectivity index (χ1v) is 15.3. The minimum absolute atomic E-state index is 0.0118. The van der Waals surface area contributed by atoms with Gasteiger partial charge in [0.25, 0.3) is 0 Å². The third-order valence-electron chi connectivity index (χ3n) is 7.07. The van der Waals surface area contributed by atoms with Gasteiger partial charge >= 0.3 is 0 Å². The van der Waals surface area contributed by atoms with Crippen LogP contribution in [-0.2, 0) is 10.0 Å². The van der Waals surface area contributed by atoms with Crippen molar-refractivity contribution in [1.82, 2.24) is 23.7 Å². The highest BCUT2D eigenvalue weighted by Crippen LogP contribution is 2.35. The Labute approximate surface area is 240 Å². The first-order chi connectivity index (χ1) is 19.7. The van der Waals surface area contributed by atoms with Crippen LogP contribution in [0.25, 0.3) is 33.4 Å². The second-order valence-electron chi connectivity index (χ2n) is 9.87. The molecule has 1 aliphatic heterocycles. The van der Waals surface area contributed by atoms with E-state index in [4.69, 9.17) is 9.97 Å². The fourth-order valence-corrected chi connectivity index (χ4v) is 7.26. The summed E-state index contributed by atoms with van der Waals surface area (Å²) in [4.78, 5) is 16.1. The van der Waals surface area contributed by atoms with Gasteiger partial charge in [-0.15, -0.1) is 11.3 Å². The second kappa shape index (κ2) is 10.7. The van der Waals surface area contributed by atoms with Gasteiger partial charge in [-0.25, -0.2) is 27.8 Å². The number of aliphatic hydroxyl groups excluding tert-OH is 1. The standard InChI is InChI=1S/C29H27FN6O3S2/c1-18-17-36-27(26(34-29(36)40-18)21-3-7-22(30)8-4-21)25-11-14-31-28(33-25)32-23-12-15-35(16-13-23)41(38,39)24-9-5-20(6-10-24)19(2)37/h3-11,14,17,23,37H,2,12-13,15-16H2,1H3,(H,31,32,33). The number of hydrogen-bond donors (Lipinski definition) is 2. The van der Waals surface area contributed by atoms with Crippen LogP contribution < -0.4 is 5.32 Å². The zero-order chi connectivity index (χ0) is 28.7. The molecule has 6 rings (SSSR count). The molecule has 0 radical (unpaired) electrons. The summed E-state index contributed by atoms with van der Waals surface area (Å²) in [5.41, 5.74) is 3.42. The second-order valence-corrected chi connectivity index (χ2v) is 13.0. The number of benzene rings is 2. The highest BCUT2D eigenvalue weighted by atomic mass is 32.2. The highest BCUT2D eigenvalue weighted by molar-refractivity contribution is 7.89. The molecule has 1 aliphatic rings. The Kier molecular flexibility index (Phi) is 7.06. The Bertz CT molecular complexity index is 1840. The number of hydrogen-bond acceptors (Lipinski definition) is 8. The Morgan fingerprint density at radius 2 is 1.78 bits per heavy atom. The third kappa shape index (κ3) is 5.33. The van der Waals surface area contributed by atoms with E-state index in [2.05, 4.69) is 16.9 Å². The summed E-state index contributed by atoms with van der Waals surface area (Å²) >= 11 is 1.56. The molecule has 1 saturated heterocycles. The van der Waals surface area contributed by atoms with E-state index in [0.717, 1.165) is 21.1 Å². The van der Waals surface area contributed by atoms with Gasteiger partial charge in [-0.05, 0) is 74.4 Å². The van der Waals surface area contributed by atoms with Crippen LogP contribution in [0.2, 0.25) is 0 Å². The van der Waals surface area contributed by atoms with E-state index >= 15 is 0 Å². The van der Waals surface area contributed by atoms with E-state index in [1.807, 2.05) is 23.6 Å². The van der Waals surface area contributed by atoms with Gasteiger partial charge in [0.05, 0.1) is 16.3 Å². The number of imidazole rings is 1. The van der Waals surface area contributed by atoms with Gasteiger partial charge in [0.1, 0.15) is 17.3 Å². The quantitative estimate of drug-likeness (QED) is 0.232. The van der Waals surface area contributed by atoms with Crippen molar-refractivity contribution in [3.8, 4) is 22.6 Å². The Balaban J connectivity index is 1.20. The molecule has 1 fully saturated rings. The summed E-state index contributed by atoms with van der Waals surface area (Å²) in [5, 5.41) is 12.9. The number of rotatable bonds is 7. The van der Waals surface area contributed by atoms with Crippen molar-refractivity contribution in [2.45, 2.75) is 30.7 Å². The van der Waals surface area contributed by atoms with Gasteiger partial charge < -0.3 is 10.4 Å². The van der Waals surface area contributed by atoms with E-state index in [9.17, 15) is 17.9 Å². The van der Waals surface area contributed by atoms with E-state index < -0.39 is 10.0 Å². The number of sulfonamides is 1. The molecule has 0 aliphatic carbocycles. The number of aryl methyl sites for hydroxylation is 1.